The molecule has 0 aliphatic rings. The molecule has 0 aliphatic heterocycles. The van der Waals surface area contributed by atoms with Crippen LogP contribution in [0.3, 0.4) is 0 Å². The Balaban J connectivity index is 0.00000256. The average Bonchev–Trinajstić information content (AvgIpc) is 2.24. The minimum atomic E-state index is -4.36. The van der Waals surface area contributed by atoms with Crippen LogP contribution >= 0.6 is 0 Å². The molecule has 7 heteroatoms. The number of ether oxygens (including phenoxy) is 1. The van der Waals surface area contributed by atoms with Crippen LogP contribution in [0.25, 0.3) is 0 Å². The first-order valence-corrected chi connectivity index (χ1v) is 6.04. The van der Waals surface area contributed by atoms with Crippen LogP contribution < -0.4 is 34.3 Å². The maximum absolute atomic E-state index is 10.6. The molecule has 1 unspecified atom stereocenters. The van der Waals surface area contributed by atoms with Gasteiger partial charge in [0.05, 0.1) is 10.8 Å². The summed E-state index contributed by atoms with van der Waals surface area (Å²) < 4.78 is 36.9. The Morgan fingerprint density at radius 1 is 1.41 bits per heavy atom. The van der Waals surface area contributed by atoms with E-state index in [0.29, 0.717) is 11.8 Å². The fraction of sp³-hybridized carbons (Fsp3) is 0.300. The van der Waals surface area contributed by atoms with Gasteiger partial charge in [-0.05, 0) is 19.1 Å². The van der Waals surface area contributed by atoms with E-state index >= 15 is 0 Å². The normalized spacial score (nSPS) is 12.4. The van der Waals surface area contributed by atoms with Crippen LogP contribution in [0.4, 0.5) is 0 Å². The van der Waals surface area contributed by atoms with Gasteiger partial charge in [0, 0.05) is 0 Å². The van der Waals surface area contributed by atoms with Crippen LogP contribution in [0.5, 0.6) is 5.75 Å². The minimum Gasteiger partial charge on any atom is -0.748 e. The summed E-state index contributed by atoms with van der Waals surface area (Å²) in [5.74, 6) is 0.271. The van der Waals surface area contributed by atoms with Gasteiger partial charge < -0.3 is 9.29 Å². The number of hydrogen-bond acceptors (Lipinski definition) is 5. The van der Waals surface area contributed by atoms with Gasteiger partial charge in [0.1, 0.15) is 22.5 Å². The smallest absolute Gasteiger partial charge is 0.748 e. The number of para-hydroxylation sites is 1. The van der Waals surface area contributed by atoms with Crippen molar-refractivity contribution in [1.82, 2.24) is 0 Å². The zero-order chi connectivity index (χ0) is 12.2. The molecule has 5 nitrogen and oxygen atoms in total. The summed E-state index contributed by atoms with van der Waals surface area (Å²) in [7, 11) is -4.36. The van der Waals surface area contributed by atoms with Gasteiger partial charge in [-0.1, -0.05) is 12.1 Å². The molecule has 0 N–H and O–H groups in total. The Hall–Kier alpha value is -0.400. The zero-order valence-corrected chi connectivity index (χ0v) is 12.4. The van der Waals surface area contributed by atoms with E-state index in [2.05, 4.69) is 0 Å². The van der Waals surface area contributed by atoms with E-state index in [1.54, 1.807) is 18.2 Å². The second kappa shape index (κ2) is 7.13. The van der Waals surface area contributed by atoms with Crippen LogP contribution in [0.2, 0.25) is 0 Å². The third-order valence-corrected chi connectivity index (χ3v) is 3.13. The third kappa shape index (κ3) is 5.18. The van der Waals surface area contributed by atoms with Gasteiger partial charge in [-0.25, -0.2) is 8.42 Å². The minimum absolute atomic E-state index is 0. The monoisotopic (exact) mass is 266 g/mol. The van der Waals surface area contributed by atoms with E-state index in [-0.39, 0.29) is 41.9 Å². The summed E-state index contributed by atoms with van der Waals surface area (Å²) in [6.07, 6.45) is 0.603. The molecule has 1 aromatic rings. The number of hydrogen-bond donors (Lipinski definition) is 0. The van der Waals surface area contributed by atoms with Crippen LogP contribution in [-0.4, -0.2) is 31.1 Å². The SMILES string of the molecule is CC(COc1ccccc1C=O)S(=O)(=O)[O-].[Na+]. The molecule has 1 atom stereocenters. The van der Waals surface area contributed by atoms with E-state index in [0.717, 1.165) is 0 Å². The number of carbonyl (C=O) groups is 1. The van der Waals surface area contributed by atoms with Crippen molar-refractivity contribution < 1.29 is 52.1 Å². The van der Waals surface area contributed by atoms with Crippen molar-refractivity contribution in [3.63, 3.8) is 0 Å². The van der Waals surface area contributed by atoms with Crippen molar-refractivity contribution >= 4 is 16.4 Å². The Bertz CT molecular complexity index is 471. The van der Waals surface area contributed by atoms with Crippen LogP contribution in [0.15, 0.2) is 24.3 Å². The average molecular weight is 266 g/mol. The Kier molecular flexibility index (Phi) is 6.96. The first-order chi connectivity index (χ1) is 7.45. The summed E-state index contributed by atoms with van der Waals surface area (Å²) in [4.78, 5) is 10.6. The summed E-state index contributed by atoms with van der Waals surface area (Å²) in [5.41, 5.74) is 0.318. The molecule has 1 rings (SSSR count). The van der Waals surface area contributed by atoms with Crippen LogP contribution in [0.1, 0.15) is 17.3 Å². The standard InChI is InChI=1S/C10H12O5S.Na/c1-8(16(12,13)14)7-15-10-5-3-2-4-9(10)6-11;/h2-6,8H,7H2,1H3,(H,12,13,14);/q;+1/p-1. The molecule has 88 valence electrons. The first-order valence-electron chi connectivity index (χ1n) is 4.57. The van der Waals surface area contributed by atoms with Crippen molar-refractivity contribution in [1.29, 1.82) is 0 Å². The second-order valence-corrected chi connectivity index (χ2v) is 5.06. The van der Waals surface area contributed by atoms with E-state index in [4.69, 9.17) is 4.74 Å². The predicted molar refractivity (Wildman–Crippen MR) is 56.5 cm³/mol. The van der Waals surface area contributed by atoms with E-state index in [9.17, 15) is 17.8 Å². The Morgan fingerprint density at radius 2 is 2.00 bits per heavy atom. The van der Waals surface area contributed by atoms with Gasteiger partial charge >= 0.3 is 29.6 Å². The van der Waals surface area contributed by atoms with E-state index in [1.807, 2.05) is 0 Å². The summed E-state index contributed by atoms with van der Waals surface area (Å²) in [6.45, 7) is 0.989. The molecular weight excluding hydrogens is 255 g/mol. The number of rotatable bonds is 5. The van der Waals surface area contributed by atoms with Gasteiger partial charge in [0.15, 0.2) is 6.29 Å². The van der Waals surface area contributed by atoms with Gasteiger partial charge in [0.25, 0.3) is 0 Å². The van der Waals surface area contributed by atoms with Crippen LogP contribution in [-0.2, 0) is 10.1 Å². The van der Waals surface area contributed by atoms with Gasteiger partial charge in [-0.3, -0.25) is 4.79 Å². The maximum atomic E-state index is 10.6. The topological polar surface area (TPSA) is 83.5 Å². The molecular formula is C10H11NaO5S. The first kappa shape index (κ1) is 16.6. The van der Waals surface area contributed by atoms with E-state index < -0.39 is 15.4 Å². The molecule has 1 aromatic carbocycles. The predicted octanol–water partition coefficient (Wildman–Crippen LogP) is -2.18. The number of benzene rings is 1. The van der Waals surface area contributed by atoms with Gasteiger partial charge in [-0.15, -0.1) is 0 Å². The van der Waals surface area contributed by atoms with Crippen molar-refractivity contribution in [2.75, 3.05) is 6.61 Å². The molecule has 0 aliphatic carbocycles. The van der Waals surface area contributed by atoms with Crippen molar-refractivity contribution in [3.8, 4) is 5.75 Å². The summed E-state index contributed by atoms with van der Waals surface area (Å²) in [6, 6.07) is 6.38. The fourth-order valence-corrected chi connectivity index (χ4v) is 1.23. The summed E-state index contributed by atoms with van der Waals surface area (Å²) >= 11 is 0. The van der Waals surface area contributed by atoms with Crippen molar-refractivity contribution in [2.24, 2.45) is 0 Å². The van der Waals surface area contributed by atoms with Gasteiger partial charge in [-0.2, -0.15) is 0 Å². The van der Waals surface area contributed by atoms with Crippen molar-refractivity contribution in [3.05, 3.63) is 29.8 Å². The Labute approximate surface area is 122 Å². The molecule has 0 saturated carbocycles. The molecule has 0 aromatic heterocycles. The Morgan fingerprint density at radius 3 is 2.53 bits per heavy atom. The molecule has 17 heavy (non-hydrogen) atoms. The second-order valence-electron chi connectivity index (χ2n) is 3.27. The zero-order valence-electron chi connectivity index (χ0n) is 9.62. The molecule has 0 radical (unpaired) electrons. The molecule has 0 heterocycles. The molecule has 0 fully saturated rings. The molecule has 0 bridgehead atoms. The number of carbonyl (C=O) groups excluding carboxylic acids is 1. The van der Waals surface area contributed by atoms with Crippen LogP contribution in [0, 0.1) is 0 Å². The molecule has 0 spiro atoms. The van der Waals surface area contributed by atoms with Crippen molar-refractivity contribution in [2.45, 2.75) is 12.2 Å². The number of aldehydes is 1. The van der Waals surface area contributed by atoms with Gasteiger partial charge in [0.2, 0.25) is 0 Å². The summed E-state index contributed by atoms with van der Waals surface area (Å²) in [5, 5.41) is -1.15. The fourth-order valence-electron chi connectivity index (χ4n) is 1.000. The quantitative estimate of drug-likeness (QED) is 0.343. The maximum Gasteiger partial charge on any atom is 1.00 e. The van der Waals surface area contributed by atoms with E-state index in [1.165, 1.54) is 13.0 Å². The molecule has 0 saturated heterocycles. The molecule has 0 amide bonds. The largest absolute Gasteiger partial charge is 1.00 e. The third-order valence-electron chi connectivity index (χ3n) is 2.01.